The lowest BCUT2D eigenvalue weighted by molar-refractivity contribution is 0.0702. The van der Waals surface area contributed by atoms with E-state index < -0.39 is 17.6 Å². The Morgan fingerprint density at radius 3 is 1.08 bits per heavy atom. The van der Waals surface area contributed by atoms with Gasteiger partial charge in [-0.25, -0.2) is 0 Å². The van der Waals surface area contributed by atoms with Gasteiger partial charge in [0.1, 0.15) is 0 Å². The van der Waals surface area contributed by atoms with Gasteiger partial charge in [0.2, 0.25) is 32.4 Å². The van der Waals surface area contributed by atoms with Crippen molar-refractivity contribution in [2.75, 3.05) is 58.0 Å². The molecule has 0 saturated heterocycles. The van der Waals surface area contributed by atoms with Crippen LogP contribution in [0.1, 0.15) is 61.8 Å². The number of hydrogen-bond donors (Lipinski definition) is 2. The zero-order valence-corrected chi connectivity index (χ0v) is 33.5. The van der Waals surface area contributed by atoms with Crippen molar-refractivity contribution in [3.8, 4) is 12.8 Å². The van der Waals surface area contributed by atoms with Crippen molar-refractivity contribution in [3.05, 3.63) is 26.4 Å². The van der Waals surface area contributed by atoms with E-state index in [1.54, 1.807) is 0 Å². The summed E-state index contributed by atoms with van der Waals surface area (Å²) in [6.07, 6.45) is 9.68. The molecule has 48 heavy (non-hydrogen) atoms. The molecule has 0 spiro atoms. The Kier molecular flexibility index (Phi) is 34.2. The SMILES string of the molecule is C.C#C.CCO[Si](CCCN)(OCC)OCC.CCO[Si](CCCNc1nc(Cl)nc(Cl)n1)(OCC)OCC.Clc1nc(Cl)nc(Cl)n1. The lowest BCUT2D eigenvalue weighted by Gasteiger charge is -2.28. The number of nitrogens with one attached hydrogen (secondary N) is 1. The third kappa shape index (κ3) is 24.2. The van der Waals surface area contributed by atoms with Crippen molar-refractivity contribution in [3.63, 3.8) is 0 Å². The van der Waals surface area contributed by atoms with Crippen LogP contribution >= 0.6 is 58.0 Å². The second-order valence-electron chi connectivity index (χ2n) is 8.23. The predicted octanol–water partition coefficient (Wildman–Crippen LogP) is 7.13. The van der Waals surface area contributed by atoms with E-state index >= 15 is 0 Å². The van der Waals surface area contributed by atoms with Gasteiger partial charge in [-0.1, -0.05) is 7.43 Å². The van der Waals surface area contributed by atoms with E-state index in [0.717, 1.165) is 18.9 Å². The van der Waals surface area contributed by atoms with E-state index in [2.05, 4.69) is 48.1 Å². The van der Waals surface area contributed by atoms with Gasteiger partial charge in [-0.3, -0.25) is 0 Å². The van der Waals surface area contributed by atoms with Crippen LogP contribution in [-0.2, 0) is 26.6 Å². The predicted molar refractivity (Wildman–Crippen MR) is 199 cm³/mol. The molecule has 21 heteroatoms. The van der Waals surface area contributed by atoms with Gasteiger partial charge in [0, 0.05) is 58.3 Å². The standard InChI is InChI=1S/C12H22Cl2N4O3Si.C9H23NO3Si.C3Cl3N3.C2H2.CH4/c1-4-19-22(20-5-2,21-6-3)9-7-8-15-12-17-10(13)16-11(14)18-12;1-4-11-14(12-5-2,13-6-3)9-7-8-10;4-1-7-2(5)9-3(6)8-1;1-2;/h4-9H2,1-3H3,(H,15,16,17,18);4-10H2,1-3H3;;1-2H;1H4. The number of nitrogens with zero attached hydrogens (tertiary/aromatic N) is 6. The summed E-state index contributed by atoms with van der Waals surface area (Å²) in [7, 11) is -5.00. The number of anilines is 1. The Morgan fingerprint density at radius 1 is 0.542 bits per heavy atom. The smallest absolute Gasteiger partial charge is 0.374 e. The van der Waals surface area contributed by atoms with E-state index in [1.165, 1.54) is 0 Å². The summed E-state index contributed by atoms with van der Waals surface area (Å²) in [5.41, 5.74) is 5.48. The normalized spacial score (nSPS) is 10.7. The van der Waals surface area contributed by atoms with Crippen molar-refractivity contribution in [2.24, 2.45) is 5.73 Å². The zero-order valence-electron chi connectivity index (χ0n) is 27.7. The van der Waals surface area contributed by atoms with Gasteiger partial charge in [0.05, 0.1) is 0 Å². The van der Waals surface area contributed by atoms with Crippen molar-refractivity contribution in [2.45, 2.75) is 73.9 Å². The molecule has 0 amide bonds. The first-order valence-corrected chi connectivity index (χ1v) is 20.6. The quantitative estimate of drug-likeness (QED) is 0.0786. The Hall–Kier alpha value is -1.02. The van der Waals surface area contributed by atoms with Crippen LogP contribution in [-0.4, -0.2) is 100 Å². The highest BCUT2D eigenvalue weighted by Crippen LogP contribution is 2.19. The summed E-state index contributed by atoms with van der Waals surface area (Å²) in [6.45, 7) is 16.6. The second-order valence-corrected chi connectivity index (χ2v) is 15.4. The lowest BCUT2D eigenvalue weighted by Crippen LogP contribution is -2.46. The van der Waals surface area contributed by atoms with Crippen LogP contribution in [0.5, 0.6) is 0 Å². The Labute approximate surface area is 313 Å². The maximum atomic E-state index is 5.78. The van der Waals surface area contributed by atoms with Crippen molar-refractivity contribution >= 4 is 81.6 Å². The van der Waals surface area contributed by atoms with Gasteiger partial charge in [-0.05, 0) is 119 Å². The molecule has 14 nitrogen and oxygen atoms in total. The fourth-order valence-corrected chi connectivity index (χ4v) is 9.76. The van der Waals surface area contributed by atoms with Gasteiger partial charge >= 0.3 is 17.6 Å². The average Bonchev–Trinajstić information content (AvgIpc) is 3.00. The van der Waals surface area contributed by atoms with Gasteiger partial charge < -0.3 is 37.6 Å². The first-order valence-electron chi connectivity index (χ1n) is 14.9. The van der Waals surface area contributed by atoms with Crippen LogP contribution in [0.4, 0.5) is 5.95 Å². The van der Waals surface area contributed by atoms with E-state index in [4.69, 9.17) is 90.3 Å². The molecular formula is C27H51Cl5N8O6Si2. The van der Waals surface area contributed by atoms with Gasteiger partial charge in [0.15, 0.2) is 0 Å². The van der Waals surface area contributed by atoms with Crippen LogP contribution in [0.25, 0.3) is 0 Å². The molecule has 0 saturated carbocycles. The molecule has 0 unspecified atom stereocenters. The third-order valence-electron chi connectivity index (χ3n) is 4.95. The van der Waals surface area contributed by atoms with Crippen LogP contribution in [0.15, 0.2) is 0 Å². The summed E-state index contributed by atoms with van der Waals surface area (Å²) >= 11 is 27.4. The fraction of sp³-hybridized carbons (Fsp3) is 0.704. The Balaban J connectivity index is -0.000000666. The van der Waals surface area contributed by atoms with Crippen molar-refractivity contribution in [1.29, 1.82) is 0 Å². The first-order chi connectivity index (χ1) is 22.5. The number of terminal acetylenes is 1. The second kappa shape index (κ2) is 31.9. The number of hydrogen-bond acceptors (Lipinski definition) is 14. The van der Waals surface area contributed by atoms with Crippen molar-refractivity contribution in [1.82, 2.24) is 29.9 Å². The summed E-state index contributed by atoms with van der Waals surface area (Å²) in [5.74, 6) is 0.349. The maximum Gasteiger partial charge on any atom is 0.500 e. The summed E-state index contributed by atoms with van der Waals surface area (Å²) in [6, 6.07) is 1.53. The molecule has 278 valence electrons. The van der Waals surface area contributed by atoms with Gasteiger partial charge in [-0.15, -0.1) is 12.8 Å². The molecule has 0 aliphatic heterocycles. The minimum atomic E-state index is -2.60. The van der Waals surface area contributed by atoms with Gasteiger partial charge in [0.25, 0.3) is 0 Å². The van der Waals surface area contributed by atoms with Crippen molar-refractivity contribution < 1.29 is 26.6 Å². The van der Waals surface area contributed by atoms with E-state index in [1.807, 2.05) is 41.5 Å². The molecule has 0 bridgehead atoms. The first kappa shape index (κ1) is 51.4. The molecule has 2 aromatic rings. The average molecular weight is 817 g/mol. The molecule has 2 rings (SSSR count). The topological polar surface area (TPSA) is 171 Å². The number of nitrogens with two attached hydrogens (primary N) is 1. The van der Waals surface area contributed by atoms with E-state index in [9.17, 15) is 0 Å². The molecular weight excluding hydrogens is 766 g/mol. The van der Waals surface area contributed by atoms with E-state index in [-0.39, 0.29) is 33.8 Å². The highest BCUT2D eigenvalue weighted by atomic mass is 35.5. The minimum Gasteiger partial charge on any atom is -0.374 e. The molecule has 0 aliphatic carbocycles. The van der Waals surface area contributed by atoms with Crippen LogP contribution in [0.3, 0.4) is 0 Å². The summed E-state index contributed by atoms with van der Waals surface area (Å²) in [5, 5.41) is 3.17. The third-order valence-corrected chi connectivity index (χ3v) is 12.1. The van der Waals surface area contributed by atoms with Gasteiger partial charge in [-0.2, -0.15) is 29.9 Å². The molecule has 2 heterocycles. The van der Waals surface area contributed by atoms with E-state index in [0.29, 0.717) is 64.7 Å². The molecule has 0 aromatic carbocycles. The van der Waals surface area contributed by atoms with Crippen LogP contribution in [0, 0.1) is 12.8 Å². The summed E-state index contributed by atoms with van der Waals surface area (Å²) < 4.78 is 34.3. The lowest BCUT2D eigenvalue weighted by atomic mass is 10.5. The highest BCUT2D eigenvalue weighted by molar-refractivity contribution is 6.61. The molecule has 3 N–H and O–H groups in total. The fourth-order valence-electron chi connectivity index (χ4n) is 3.53. The Bertz CT molecular complexity index is 1000. The number of aromatic nitrogens is 6. The molecule has 2 aromatic heterocycles. The molecule has 0 radical (unpaired) electrons. The largest absolute Gasteiger partial charge is 0.500 e. The Morgan fingerprint density at radius 2 is 0.812 bits per heavy atom. The minimum absolute atomic E-state index is 0. The molecule has 0 aliphatic rings. The molecule has 0 atom stereocenters. The van der Waals surface area contributed by atoms with Crippen LogP contribution in [0.2, 0.25) is 38.5 Å². The van der Waals surface area contributed by atoms with Crippen LogP contribution < -0.4 is 11.1 Å². The highest BCUT2D eigenvalue weighted by Gasteiger charge is 2.40. The maximum absolute atomic E-state index is 5.78. The monoisotopic (exact) mass is 814 g/mol. The number of rotatable bonds is 20. The summed E-state index contributed by atoms with van der Waals surface area (Å²) in [4.78, 5) is 22.0. The molecule has 0 fully saturated rings. The zero-order chi connectivity index (χ0) is 36.1. The number of halogens is 5.